The fourth-order valence-corrected chi connectivity index (χ4v) is 2.21. The standard InChI is InChI=1S/C18H23N/c1-6-11-15(3)18(16(4)12-7-2)19(5)17-13-9-8-10-14-17/h6-14H,1H2,2-5H3/b12-7-,15-11+,18-16-. The van der Waals surface area contributed by atoms with Gasteiger partial charge in [0.2, 0.25) is 0 Å². The summed E-state index contributed by atoms with van der Waals surface area (Å²) in [6.07, 6.45) is 8.07. The molecule has 0 radical (unpaired) electrons. The third-order valence-electron chi connectivity index (χ3n) is 3.01. The van der Waals surface area contributed by atoms with E-state index in [1.54, 1.807) is 0 Å². The fourth-order valence-electron chi connectivity index (χ4n) is 2.21. The Morgan fingerprint density at radius 3 is 2.32 bits per heavy atom. The lowest BCUT2D eigenvalue weighted by atomic mass is 10.1. The maximum atomic E-state index is 3.78. The first-order chi connectivity index (χ1) is 9.11. The van der Waals surface area contributed by atoms with E-state index in [1.807, 2.05) is 25.1 Å². The summed E-state index contributed by atoms with van der Waals surface area (Å²) >= 11 is 0. The van der Waals surface area contributed by atoms with Crippen LogP contribution in [-0.4, -0.2) is 7.05 Å². The molecule has 0 unspecified atom stereocenters. The lowest BCUT2D eigenvalue weighted by molar-refractivity contribution is 1.07. The normalized spacial score (nSPS) is 13.4. The van der Waals surface area contributed by atoms with Crippen molar-refractivity contribution in [3.63, 3.8) is 0 Å². The Labute approximate surface area is 117 Å². The van der Waals surface area contributed by atoms with E-state index >= 15 is 0 Å². The quantitative estimate of drug-likeness (QED) is 0.659. The van der Waals surface area contributed by atoms with Gasteiger partial charge >= 0.3 is 0 Å². The highest BCUT2D eigenvalue weighted by Crippen LogP contribution is 2.25. The van der Waals surface area contributed by atoms with E-state index in [4.69, 9.17) is 0 Å². The van der Waals surface area contributed by atoms with Crippen LogP contribution < -0.4 is 4.90 Å². The van der Waals surface area contributed by atoms with Crippen LogP contribution in [0.5, 0.6) is 0 Å². The van der Waals surface area contributed by atoms with E-state index < -0.39 is 0 Å². The average Bonchev–Trinajstić information content (AvgIpc) is 2.40. The second kappa shape index (κ2) is 7.42. The summed E-state index contributed by atoms with van der Waals surface area (Å²) in [5, 5.41) is 0. The highest BCUT2D eigenvalue weighted by Gasteiger charge is 2.10. The Bertz CT molecular complexity index is 504. The van der Waals surface area contributed by atoms with Gasteiger partial charge in [0.05, 0.1) is 0 Å². The van der Waals surface area contributed by atoms with Gasteiger partial charge in [-0.3, -0.25) is 0 Å². The van der Waals surface area contributed by atoms with Crippen LogP contribution in [0.1, 0.15) is 20.8 Å². The van der Waals surface area contributed by atoms with Crippen molar-refractivity contribution >= 4 is 5.69 Å². The second-order valence-electron chi connectivity index (χ2n) is 4.51. The van der Waals surface area contributed by atoms with Crippen LogP contribution in [0.25, 0.3) is 0 Å². The Balaban J connectivity index is 3.29. The molecule has 1 aromatic carbocycles. The monoisotopic (exact) mass is 253 g/mol. The molecule has 0 amide bonds. The van der Waals surface area contributed by atoms with Crippen molar-refractivity contribution in [2.75, 3.05) is 11.9 Å². The topological polar surface area (TPSA) is 3.24 Å². The van der Waals surface area contributed by atoms with Gasteiger partial charge in [-0.15, -0.1) is 0 Å². The number of hydrogen-bond donors (Lipinski definition) is 0. The third kappa shape index (κ3) is 3.99. The van der Waals surface area contributed by atoms with Crippen molar-refractivity contribution in [1.82, 2.24) is 0 Å². The molecule has 0 aromatic heterocycles. The minimum atomic E-state index is 1.18. The van der Waals surface area contributed by atoms with Gasteiger partial charge in [0, 0.05) is 18.4 Å². The number of benzene rings is 1. The van der Waals surface area contributed by atoms with Gasteiger partial charge in [-0.25, -0.2) is 0 Å². The van der Waals surface area contributed by atoms with E-state index in [0.29, 0.717) is 0 Å². The number of anilines is 1. The molecule has 0 heterocycles. The van der Waals surface area contributed by atoms with Crippen molar-refractivity contribution in [1.29, 1.82) is 0 Å². The largest absolute Gasteiger partial charge is 0.344 e. The summed E-state index contributed by atoms with van der Waals surface area (Å²) in [6, 6.07) is 10.4. The first-order valence-electron chi connectivity index (χ1n) is 6.53. The summed E-state index contributed by atoms with van der Waals surface area (Å²) in [4.78, 5) is 2.21. The summed E-state index contributed by atoms with van der Waals surface area (Å²) in [6.45, 7) is 10.1. The Hall–Kier alpha value is -2.02. The predicted molar refractivity (Wildman–Crippen MR) is 86.3 cm³/mol. The van der Waals surface area contributed by atoms with E-state index in [2.05, 4.69) is 68.8 Å². The number of allylic oxidation sites excluding steroid dienone is 6. The first-order valence-corrected chi connectivity index (χ1v) is 6.53. The van der Waals surface area contributed by atoms with Crippen LogP contribution in [0.3, 0.4) is 0 Å². The van der Waals surface area contributed by atoms with Crippen molar-refractivity contribution in [2.45, 2.75) is 20.8 Å². The molecular weight excluding hydrogens is 230 g/mol. The van der Waals surface area contributed by atoms with Crippen LogP contribution in [0.4, 0.5) is 5.69 Å². The molecule has 1 nitrogen and oxygen atoms in total. The predicted octanol–water partition coefficient (Wildman–Crippen LogP) is 5.11. The maximum absolute atomic E-state index is 3.78. The molecule has 0 spiro atoms. The summed E-state index contributed by atoms with van der Waals surface area (Å²) in [7, 11) is 2.10. The first kappa shape index (κ1) is 15.0. The molecule has 0 aliphatic carbocycles. The zero-order valence-electron chi connectivity index (χ0n) is 12.4. The number of nitrogens with zero attached hydrogens (tertiary/aromatic N) is 1. The smallest absolute Gasteiger partial charge is 0.0467 e. The average molecular weight is 253 g/mol. The van der Waals surface area contributed by atoms with E-state index in [1.165, 1.54) is 22.5 Å². The molecule has 19 heavy (non-hydrogen) atoms. The fraction of sp³-hybridized carbons (Fsp3) is 0.222. The van der Waals surface area contributed by atoms with Crippen LogP contribution >= 0.6 is 0 Å². The zero-order chi connectivity index (χ0) is 14.3. The van der Waals surface area contributed by atoms with Crippen LogP contribution in [0.2, 0.25) is 0 Å². The highest BCUT2D eigenvalue weighted by molar-refractivity contribution is 5.58. The molecule has 1 heteroatoms. The number of para-hydroxylation sites is 1. The van der Waals surface area contributed by atoms with Gasteiger partial charge in [-0.05, 0) is 44.1 Å². The number of hydrogen-bond acceptors (Lipinski definition) is 1. The van der Waals surface area contributed by atoms with E-state index in [9.17, 15) is 0 Å². The van der Waals surface area contributed by atoms with Crippen LogP contribution in [0, 0.1) is 0 Å². The highest BCUT2D eigenvalue weighted by atomic mass is 15.1. The molecule has 0 saturated heterocycles. The van der Waals surface area contributed by atoms with Crippen LogP contribution in [-0.2, 0) is 0 Å². The van der Waals surface area contributed by atoms with Gasteiger partial charge in [0.1, 0.15) is 0 Å². The summed E-state index contributed by atoms with van der Waals surface area (Å²) in [5.41, 5.74) is 4.84. The van der Waals surface area contributed by atoms with Crippen molar-refractivity contribution < 1.29 is 0 Å². The summed E-state index contributed by atoms with van der Waals surface area (Å²) < 4.78 is 0. The SMILES string of the molecule is C=C/C=C(C)/C(=C(C)/C=C\C)N(C)c1ccccc1. The molecule has 0 aliphatic rings. The lowest BCUT2D eigenvalue weighted by Gasteiger charge is -2.25. The van der Waals surface area contributed by atoms with E-state index in [0.717, 1.165) is 0 Å². The molecular formula is C18H23N. The Morgan fingerprint density at radius 2 is 1.79 bits per heavy atom. The van der Waals surface area contributed by atoms with Gasteiger partial charge in [0.15, 0.2) is 0 Å². The molecule has 100 valence electrons. The number of likely N-dealkylation sites (N-methyl/N-ethyl adjacent to an activating group) is 1. The molecule has 0 fully saturated rings. The minimum absolute atomic E-state index is 1.18. The molecule has 0 saturated carbocycles. The molecule has 1 rings (SSSR count). The summed E-state index contributed by atoms with van der Waals surface area (Å²) in [5.74, 6) is 0. The van der Waals surface area contributed by atoms with Gasteiger partial charge in [0.25, 0.3) is 0 Å². The molecule has 0 atom stereocenters. The van der Waals surface area contributed by atoms with Crippen LogP contribution in [0.15, 0.2) is 78.1 Å². The maximum Gasteiger partial charge on any atom is 0.0467 e. The zero-order valence-corrected chi connectivity index (χ0v) is 12.4. The number of rotatable bonds is 5. The Kier molecular flexibility index (Phi) is 5.87. The van der Waals surface area contributed by atoms with Crippen molar-refractivity contribution in [3.05, 3.63) is 78.1 Å². The van der Waals surface area contributed by atoms with E-state index in [-0.39, 0.29) is 0 Å². The minimum Gasteiger partial charge on any atom is -0.344 e. The molecule has 0 aliphatic heterocycles. The molecule has 0 bridgehead atoms. The Morgan fingerprint density at radius 1 is 1.16 bits per heavy atom. The molecule has 1 aromatic rings. The molecule has 0 N–H and O–H groups in total. The van der Waals surface area contributed by atoms with Gasteiger partial charge < -0.3 is 4.90 Å². The van der Waals surface area contributed by atoms with Crippen molar-refractivity contribution in [3.8, 4) is 0 Å². The van der Waals surface area contributed by atoms with Gasteiger partial charge in [-0.1, -0.05) is 49.1 Å². The van der Waals surface area contributed by atoms with Gasteiger partial charge in [-0.2, -0.15) is 0 Å². The van der Waals surface area contributed by atoms with Crippen molar-refractivity contribution in [2.24, 2.45) is 0 Å². The third-order valence-corrected chi connectivity index (χ3v) is 3.01. The second-order valence-corrected chi connectivity index (χ2v) is 4.51. The lowest BCUT2D eigenvalue weighted by Crippen LogP contribution is -2.18.